The quantitative estimate of drug-likeness (QED) is 0.812. The normalized spacial score (nSPS) is 31.3. The minimum atomic E-state index is -1.59. The summed E-state index contributed by atoms with van der Waals surface area (Å²) in [5, 5.41) is 30.6. The van der Waals surface area contributed by atoms with Gasteiger partial charge in [0.15, 0.2) is 5.41 Å². The van der Waals surface area contributed by atoms with Gasteiger partial charge in [0, 0.05) is 28.9 Å². The van der Waals surface area contributed by atoms with Gasteiger partial charge in [-0.2, -0.15) is 15.8 Å². The van der Waals surface area contributed by atoms with E-state index in [9.17, 15) is 15.8 Å². The first kappa shape index (κ1) is 17.6. The van der Waals surface area contributed by atoms with Crippen molar-refractivity contribution < 1.29 is 0 Å². The van der Waals surface area contributed by atoms with Gasteiger partial charge in [0.05, 0.1) is 23.4 Å². The van der Waals surface area contributed by atoms with Crippen LogP contribution in [0.3, 0.4) is 0 Å². The van der Waals surface area contributed by atoms with Crippen molar-refractivity contribution in [2.45, 2.75) is 30.8 Å². The third kappa shape index (κ3) is 2.25. The fraction of sp³-hybridized carbons (Fsp3) is 0.381. The molecule has 3 aliphatic rings. The van der Waals surface area contributed by atoms with E-state index in [1.165, 1.54) is 0 Å². The Morgan fingerprint density at radius 2 is 1.81 bits per heavy atom. The summed E-state index contributed by atoms with van der Waals surface area (Å²) in [5.41, 5.74) is 6.86. The Bertz CT molecular complexity index is 971. The largest absolute Gasteiger partial charge is 0.399 e. The lowest BCUT2D eigenvalue weighted by Gasteiger charge is -2.48. The molecule has 2 N–H and O–H groups in total. The molecule has 2 heterocycles. The molecule has 0 amide bonds. The van der Waals surface area contributed by atoms with Crippen molar-refractivity contribution in [3.63, 3.8) is 0 Å². The molecule has 1 aliphatic carbocycles. The molecule has 134 valence electrons. The molecule has 6 heteroatoms. The first-order valence-electron chi connectivity index (χ1n) is 8.90. The Labute approximate surface area is 163 Å². The van der Waals surface area contributed by atoms with E-state index in [0.717, 1.165) is 24.0 Å². The lowest BCUT2D eigenvalue weighted by Crippen LogP contribution is -2.51. The minimum Gasteiger partial charge on any atom is -0.399 e. The summed E-state index contributed by atoms with van der Waals surface area (Å²) in [7, 11) is 2.07. The van der Waals surface area contributed by atoms with Crippen LogP contribution in [0, 0.1) is 45.3 Å². The predicted molar refractivity (Wildman–Crippen MR) is 101 cm³/mol. The molecule has 1 fully saturated rings. The maximum Gasteiger partial charge on any atom is 0.191 e. The van der Waals surface area contributed by atoms with Crippen LogP contribution in [0.4, 0.5) is 0 Å². The van der Waals surface area contributed by atoms with Crippen LogP contribution >= 0.6 is 11.6 Å². The highest BCUT2D eigenvalue weighted by atomic mass is 35.5. The van der Waals surface area contributed by atoms with Gasteiger partial charge < -0.3 is 5.73 Å². The second-order valence-corrected chi connectivity index (χ2v) is 7.92. The lowest BCUT2D eigenvalue weighted by molar-refractivity contribution is 0.160. The standard InChI is InChI=1S/C21H18ClN5/c1-27-14-6-7-17(27)18-15(8-14)16(9-23)20(26)21(10-24,11-25)19(18)12-2-4-13(22)5-3-12/h2-5,8,14,17-19H,6-7,26H2,1H3/t14-,17-,18+,19-/m1/s1. The number of allylic oxidation sites excluding steroid dienone is 2. The van der Waals surface area contributed by atoms with Crippen LogP contribution in [0.15, 0.2) is 47.2 Å². The van der Waals surface area contributed by atoms with Crippen LogP contribution < -0.4 is 5.73 Å². The molecule has 1 saturated heterocycles. The number of nitrogens with two attached hydrogens (primary N) is 1. The molecule has 4 atom stereocenters. The Kier molecular flexibility index (Phi) is 4.01. The zero-order chi connectivity index (χ0) is 19.3. The van der Waals surface area contributed by atoms with Gasteiger partial charge in [-0.25, -0.2) is 0 Å². The Balaban J connectivity index is 2.04. The highest BCUT2D eigenvalue weighted by molar-refractivity contribution is 6.30. The van der Waals surface area contributed by atoms with Gasteiger partial charge in [-0.15, -0.1) is 0 Å². The average molecular weight is 376 g/mol. The molecule has 4 rings (SSSR count). The number of nitriles is 3. The monoisotopic (exact) mass is 375 g/mol. The highest BCUT2D eigenvalue weighted by Crippen LogP contribution is 2.58. The fourth-order valence-corrected chi connectivity index (χ4v) is 5.26. The van der Waals surface area contributed by atoms with Crippen LogP contribution in [-0.4, -0.2) is 24.0 Å². The predicted octanol–water partition coefficient (Wildman–Crippen LogP) is 3.23. The summed E-state index contributed by atoms with van der Waals surface area (Å²) in [5.74, 6) is -0.601. The number of nitrogens with zero attached hydrogens (tertiary/aromatic N) is 4. The Morgan fingerprint density at radius 1 is 1.15 bits per heavy atom. The van der Waals surface area contributed by atoms with Gasteiger partial charge >= 0.3 is 0 Å². The molecule has 2 aliphatic heterocycles. The summed E-state index contributed by atoms with van der Waals surface area (Å²) in [6.07, 6.45) is 4.07. The van der Waals surface area contributed by atoms with Gasteiger partial charge in [-0.3, -0.25) is 4.90 Å². The molecular formula is C21H18ClN5. The summed E-state index contributed by atoms with van der Waals surface area (Å²) in [6, 6.07) is 14.2. The second kappa shape index (κ2) is 6.14. The molecule has 0 spiro atoms. The maximum atomic E-state index is 10.1. The van der Waals surface area contributed by atoms with Crippen molar-refractivity contribution in [1.29, 1.82) is 15.8 Å². The Morgan fingerprint density at radius 3 is 2.41 bits per heavy atom. The van der Waals surface area contributed by atoms with Crippen molar-refractivity contribution in [2.24, 2.45) is 17.1 Å². The van der Waals surface area contributed by atoms with E-state index in [-0.39, 0.29) is 23.7 Å². The van der Waals surface area contributed by atoms with E-state index in [4.69, 9.17) is 17.3 Å². The van der Waals surface area contributed by atoms with E-state index in [1.807, 2.05) is 12.1 Å². The lowest BCUT2D eigenvalue weighted by atomic mass is 9.56. The van der Waals surface area contributed by atoms with Crippen molar-refractivity contribution in [2.75, 3.05) is 7.05 Å². The van der Waals surface area contributed by atoms with E-state index >= 15 is 0 Å². The first-order valence-corrected chi connectivity index (χ1v) is 9.28. The summed E-state index contributed by atoms with van der Waals surface area (Å²) >= 11 is 6.06. The second-order valence-electron chi connectivity index (χ2n) is 7.49. The van der Waals surface area contributed by atoms with Crippen LogP contribution in [0.25, 0.3) is 0 Å². The maximum absolute atomic E-state index is 10.1. The number of fused-ring (bicyclic) bond motifs is 4. The van der Waals surface area contributed by atoms with Crippen molar-refractivity contribution >= 4 is 11.6 Å². The van der Waals surface area contributed by atoms with Gasteiger partial charge in [0.2, 0.25) is 0 Å². The van der Waals surface area contributed by atoms with Crippen molar-refractivity contribution in [3.8, 4) is 18.2 Å². The number of benzene rings is 1. The fourth-order valence-electron chi connectivity index (χ4n) is 5.13. The van der Waals surface area contributed by atoms with Gasteiger partial charge in [-0.05, 0) is 43.2 Å². The number of hydrogen-bond donors (Lipinski definition) is 1. The SMILES string of the molecule is CN1[C@@H]2CC[C@@H]1C=C1C(C#N)=C(N)C(C#N)(C#N)[C@H](c3ccc(Cl)cc3)[C@@H]12. The Hall–Kier alpha value is -2.78. The zero-order valence-electron chi connectivity index (χ0n) is 14.9. The van der Waals surface area contributed by atoms with Crippen LogP contribution in [0.1, 0.15) is 24.3 Å². The van der Waals surface area contributed by atoms with Gasteiger partial charge in [0.25, 0.3) is 0 Å². The molecule has 1 aromatic rings. The van der Waals surface area contributed by atoms with Crippen LogP contribution in [0.2, 0.25) is 5.02 Å². The molecular weight excluding hydrogens is 358 g/mol. The third-order valence-electron chi connectivity index (χ3n) is 6.45. The summed E-state index contributed by atoms with van der Waals surface area (Å²) in [6.45, 7) is 0. The molecule has 27 heavy (non-hydrogen) atoms. The summed E-state index contributed by atoms with van der Waals surface area (Å²) in [4.78, 5) is 2.30. The van der Waals surface area contributed by atoms with E-state index in [1.54, 1.807) is 12.1 Å². The molecule has 0 saturated carbocycles. The van der Waals surface area contributed by atoms with Gasteiger partial charge in [0.1, 0.15) is 6.07 Å². The van der Waals surface area contributed by atoms with Crippen molar-refractivity contribution in [1.82, 2.24) is 4.90 Å². The minimum absolute atomic E-state index is 0.0707. The molecule has 1 aromatic carbocycles. The topological polar surface area (TPSA) is 101 Å². The van der Waals surface area contributed by atoms with Crippen LogP contribution in [-0.2, 0) is 0 Å². The number of halogens is 1. The first-order chi connectivity index (χ1) is 13.0. The number of likely N-dealkylation sites (N-methyl/N-ethyl adjacent to an activating group) is 1. The van der Waals surface area contributed by atoms with Crippen LogP contribution in [0.5, 0.6) is 0 Å². The zero-order valence-corrected chi connectivity index (χ0v) is 15.6. The highest BCUT2D eigenvalue weighted by Gasteiger charge is 2.58. The molecule has 0 unspecified atom stereocenters. The molecule has 0 radical (unpaired) electrons. The average Bonchev–Trinajstić information content (AvgIpc) is 2.91. The van der Waals surface area contributed by atoms with E-state index in [2.05, 4.69) is 36.2 Å². The summed E-state index contributed by atoms with van der Waals surface area (Å²) < 4.78 is 0. The molecule has 5 nitrogen and oxygen atoms in total. The van der Waals surface area contributed by atoms with E-state index < -0.39 is 11.3 Å². The van der Waals surface area contributed by atoms with E-state index in [0.29, 0.717) is 10.6 Å². The van der Waals surface area contributed by atoms with Gasteiger partial charge in [-0.1, -0.05) is 29.8 Å². The molecule has 0 aromatic heterocycles. The third-order valence-corrected chi connectivity index (χ3v) is 6.70. The molecule has 2 bridgehead atoms. The number of rotatable bonds is 1. The van der Waals surface area contributed by atoms with Crippen molar-refractivity contribution in [3.05, 3.63) is 57.8 Å². The number of hydrogen-bond acceptors (Lipinski definition) is 5. The smallest absolute Gasteiger partial charge is 0.191 e.